The predicted octanol–water partition coefficient (Wildman–Crippen LogP) is 0.325. The van der Waals surface area contributed by atoms with Crippen molar-refractivity contribution in [2.24, 2.45) is 5.92 Å². The summed E-state index contributed by atoms with van der Waals surface area (Å²) in [5.74, 6) is 0.291. The van der Waals surface area contributed by atoms with Gasteiger partial charge in [0.05, 0.1) is 6.61 Å². The minimum Gasteiger partial charge on any atom is -0.463 e. The molecule has 62 valence electrons. The second kappa shape index (κ2) is 4.13. The molecule has 1 heterocycles. The predicted molar refractivity (Wildman–Crippen MR) is 42.1 cm³/mol. The molecule has 1 aliphatic heterocycles. The maximum atomic E-state index is 10.8. The SMILES string of the molecule is CCOC(=O)C=CC1CNC1. The molecule has 0 amide bonds. The van der Waals surface area contributed by atoms with Gasteiger partial charge < -0.3 is 10.1 Å². The number of esters is 1. The van der Waals surface area contributed by atoms with Crippen LogP contribution < -0.4 is 5.32 Å². The van der Waals surface area contributed by atoms with Crippen LogP contribution in [0.3, 0.4) is 0 Å². The Balaban J connectivity index is 2.16. The van der Waals surface area contributed by atoms with Crippen molar-refractivity contribution in [3.05, 3.63) is 12.2 Å². The van der Waals surface area contributed by atoms with E-state index >= 15 is 0 Å². The first-order valence-electron chi connectivity index (χ1n) is 3.88. The van der Waals surface area contributed by atoms with Gasteiger partial charge in [-0.2, -0.15) is 0 Å². The van der Waals surface area contributed by atoms with Crippen molar-refractivity contribution in [3.63, 3.8) is 0 Å². The molecule has 0 atom stereocenters. The fourth-order valence-electron chi connectivity index (χ4n) is 0.852. The van der Waals surface area contributed by atoms with Gasteiger partial charge in [0.15, 0.2) is 0 Å². The van der Waals surface area contributed by atoms with Crippen molar-refractivity contribution in [2.45, 2.75) is 6.92 Å². The highest BCUT2D eigenvalue weighted by molar-refractivity contribution is 5.81. The minimum absolute atomic E-state index is 0.237. The molecule has 1 rings (SSSR count). The summed E-state index contributed by atoms with van der Waals surface area (Å²) in [6.45, 7) is 4.22. The van der Waals surface area contributed by atoms with Gasteiger partial charge in [0.1, 0.15) is 0 Å². The maximum absolute atomic E-state index is 10.8. The quantitative estimate of drug-likeness (QED) is 0.471. The van der Waals surface area contributed by atoms with Gasteiger partial charge in [0.2, 0.25) is 0 Å². The van der Waals surface area contributed by atoms with E-state index in [1.807, 2.05) is 6.08 Å². The van der Waals surface area contributed by atoms with Gasteiger partial charge in [0, 0.05) is 25.1 Å². The molecule has 1 aliphatic rings. The van der Waals surface area contributed by atoms with Crippen LogP contribution in [-0.4, -0.2) is 25.7 Å². The molecular weight excluding hydrogens is 142 g/mol. The third-order valence-corrected chi connectivity index (χ3v) is 1.60. The second-order valence-corrected chi connectivity index (χ2v) is 2.53. The largest absolute Gasteiger partial charge is 0.463 e. The standard InChI is InChI=1S/C8H13NO2/c1-2-11-8(10)4-3-7-5-9-6-7/h3-4,7,9H,2,5-6H2,1H3. The maximum Gasteiger partial charge on any atom is 0.330 e. The van der Waals surface area contributed by atoms with E-state index in [0.29, 0.717) is 12.5 Å². The summed E-state index contributed by atoms with van der Waals surface area (Å²) in [4.78, 5) is 10.8. The highest BCUT2D eigenvalue weighted by atomic mass is 16.5. The van der Waals surface area contributed by atoms with Gasteiger partial charge in [-0.3, -0.25) is 0 Å². The molecule has 0 aromatic heterocycles. The van der Waals surface area contributed by atoms with E-state index in [2.05, 4.69) is 5.32 Å². The Labute approximate surface area is 66.4 Å². The molecule has 0 aromatic carbocycles. The number of hydrogen-bond acceptors (Lipinski definition) is 3. The highest BCUT2D eigenvalue weighted by Gasteiger charge is 2.12. The van der Waals surface area contributed by atoms with Crippen LogP contribution >= 0.6 is 0 Å². The molecule has 0 bridgehead atoms. The van der Waals surface area contributed by atoms with Crippen molar-refractivity contribution in [3.8, 4) is 0 Å². The van der Waals surface area contributed by atoms with Crippen LogP contribution in [-0.2, 0) is 9.53 Å². The number of hydrogen-bond donors (Lipinski definition) is 1. The lowest BCUT2D eigenvalue weighted by atomic mass is 10.0. The molecule has 0 unspecified atom stereocenters. The average Bonchev–Trinajstić information content (AvgIpc) is 1.85. The summed E-state index contributed by atoms with van der Waals surface area (Å²) in [7, 11) is 0. The molecule has 1 fully saturated rings. The van der Waals surface area contributed by atoms with E-state index in [0.717, 1.165) is 13.1 Å². The van der Waals surface area contributed by atoms with Crippen LogP contribution in [0.2, 0.25) is 0 Å². The molecule has 0 aliphatic carbocycles. The molecule has 3 heteroatoms. The Morgan fingerprint density at radius 2 is 2.45 bits per heavy atom. The van der Waals surface area contributed by atoms with Crippen molar-refractivity contribution in [2.75, 3.05) is 19.7 Å². The Kier molecular flexibility index (Phi) is 3.11. The van der Waals surface area contributed by atoms with Crippen LogP contribution in [0.15, 0.2) is 12.2 Å². The zero-order valence-electron chi connectivity index (χ0n) is 6.67. The Bertz CT molecular complexity index is 161. The van der Waals surface area contributed by atoms with E-state index in [-0.39, 0.29) is 5.97 Å². The van der Waals surface area contributed by atoms with E-state index in [4.69, 9.17) is 4.74 Å². The molecule has 1 N–H and O–H groups in total. The van der Waals surface area contributed by atoms with Gasteiger partial charge in [-0.25, -0.2) is 4.79 Å². The lowest BCUT2D eigenvalue weighted by molar-refractivity contribution is -0.137. The summed E-state index contributed by atoms with van der Waals surface area (Å²) in [6, 6.07) is 0. The van der Waals surface area contributed by atoms with Gasteiger partial charge in [0.25, 0.3) is 0 Å². The molecule has 0 saturated carbocycles. The van der Waals surface area contributed by atoms with E-state index < -0.39 is 0 Å². The third kappa shape index (κ3) is 2.72. The number of ether oxygens (including phenoxy) is 1. The summed E-state index contributed by atoms with van der Waals surface area (Å²) < 4.78 is 4.71. The van der Waals surface area contributed by atoms with Crippen LogP contribution in [0.5, 0.6) is 0 Å². The molecular formula is C8H13NO2. The molecule has 0 radical (unpaired) electrons. The third-order valence-electron chi connectivity index (χ3n) is 1.60. The van der Waals surface area contributed by atoms with E-state index in [9.17, 15) is 4.79 Å². The zero-order valence-corrected chi connectivity index (χ0v) is 6.67. The number of nitrogens with one attached hydrogen (secondary N) is 1. The Morgan fingerprint density at radius 3 is 2.91 bits per heavy atom. The number of rotatable bonds is 3. The number of carbonyl (C=O) groups excluding carboxylic acids is 1. The highest BCUT2D eigenvalue weighted by Crippen LogP contribution is 2.03. The van der Waals surface area contributed by atoms with Crippen LogP contribution in [0, 0.1) is 5.92 Å². The fraction of sp³-hybridized carbons (Fsp3) is 0.625. The smallest absolute Gasteiger partial charge is 0.330 e. The molecule has 0 aromatic rings. The lowest BCUT2D eigenvalue weighted by Gasteiger charge is -2.23. The van der Waals surface area contributed by atoms with Crippen LogP contribution in [0.1, 0.15) is 6.92 Å². The van der Waals surface area contributed by atoms with Crippen LogP contribution in [0.25, 0.3) is 0 Å². The zero-order chi connectivity index (χ0) is 8.10. The second-order valence-electron chi connectivity index (χ2n) is 2.53. The Hall–Kier alpha value is -0.830. The summed E-state index contributed by atoms with van der Waals surface area (Å²) in [6.07, 6.45) is 3.41. The van der Waals surface area contributed by atoms with Crippen molar-refractivity contribution >= 4 is 5.97 Å². The van der Waals surface area contributed by atoms with Crippen molar-refractivity contribution in [1.82, 2.24) is 5.32 Å². The molecule has 11 heavy (non-hydrogen) atoms. The monoisotopic (exact) mass is 155 g/mol. The topological polar surface area (TPSA) is 38.3 Å². The summed E-state index contributed by atoms with van der Waals surface area (Å²) in [5.41, 5.74) is 0. The molecule has 1 saturated heterocycles. The van der Waals surface area contributed by atoms with Gasteiger partial charge in [-0.05, 0) is 6.92 Å². The summed E-state index contributed by atoms with van der Waals surface area (Å²) in [5, 5.41) is 3.11. The van der Waals surface area contributed by atoms with E-state index in [1.165, 1.54) is 6.08 Å². The summed E-state index contributed by atoms with van der Waals surface area (Å²) >= 11 is 0. The minimum atomic E-state index is -0.237. The fourth-order valence-corrected chi connectivity index (χ4v) is 0.852. The van der Waals surface area contributed by atoms with Crippen molar-refractivity contribution < 1.29 is 9.53 Å². The number of carbonyl (C=O) groups is 1. The first-order valence-corrected chi connectivity index (χ1v) is 3.88. The average molecular weight is 155 g/mol. The van der Waals surface area contributed by atoms with Crippen LogP contribution in [0.4, 0.5) is 0 Å². The Morgan fingerprint density at radius 1 is 1.73 bits per heavy atom. The molecule has 3 nitrogen and oxygen atoms in total. The first-order chi connectivity index (χ1) is 5.33. The van der Waals surface area contributed by atoms with E-state index in [1.54, 1.807) is 6.92 Å². The van der Waals surface area contributed by atoms with Crippen molar-refractivity contribution in [1.29, 1.82) is 0 Å². The lowest BCUT2D eigenvalue weighted by Crippen LogP contribution is -2.40. The normalized spacial score (nSPS) is 18.3. The first kappa shape index (κ1) is 8.27. The van der Waals surface area contributed by atoms with Gasteiger partial charge >= 0.3 is 5.97 Å². The van der Waals surface area contributed by atoms with Gasteiger partial charge in [-0.15, -0.1) is 0 Å². The van der Waals surface area contributed by atoms with Gasteiger partial charge in [-0.1, -0.05) is 6.08 Å². The molecule has 0 spiro atoms.